The van der Waals surface area contributed by atoms with Crippen molar-refractivity contribution in [3.8, 4) is 0 Å². The Kier molecular flexibility index (Phi) is 8.21. The fourth-order valence-electron chi connectivity index (χ4n) is 5.67. The van der Waals surface area contributed by atoms with E-state index < -0.39 is 5.41 Å². The Labute approximate surface area is 213 Å². The summed E-state index contributed by atoms with van der Waals surface area (Å²) < 4.78 is 10.7. The van der Waals surface area contributed by atoms with Crippen LogP contribution in [0, 0.1) is 6.92 Å². The van der Waals surface area contributed by atoms with Gasteiger partial charge in [-0.05, 0) is 42.9 Å². The maximum absolute atomic E-state index is 13.8. The van der Waals surface area contributed by atoms with Crippen LogP contribution in [0.25, 0.3) is 0 Å². The Bertz CT molecular complexity index is 1080. The van der Waals surface area contributed by atoms with E-state index in [0.29, 0.717) is 32.8 Å². The number of aryl methyl sites for hydroxylation is 1. The third-order valence-corrected chi connectivity index (χ3v) is 7.72. The average molecular weight is 493 g/mol. The molecular weight excluding hydrogens is 456 g/mol. The molecule has 2 fully saturated rings. The molecule has 7 nitrogen and oxygen atoms in total. The fourth-order valence-corrected chi connectivity index (χ4v) is 5.67. The van der Waals surface area contributed by atoms with E-state index in [1.165, 1.54) is 10.5 Å². The summed E-state index contributed by atoms with van der Waals surface area (Å²) in [5.74, 6) is -0.755. The van der Waals surface area contributed by atoms with Gasteiger partial charge >= 0.3 is 0 Å². The van der Waals surface area contributed by atoms with E-state index in [1.807, 2.05) is 49.4 Å². The highest BCUT2D eigenvalue weighted by molar-refractivity contribution is 6.11. The number of amides is 3. The molecule has 0 unspecified atom stereocenters. The van der Waals surface area contributed by atoms with E-state index in [0.717, 1.165) is 24.0 Å². The van der Waals surface area contributed by atoms with Crippen LogP contribution in [0.15, 0.2) is 54.6 Å². The maximum atomic E-state index is 13.8. The zero-order valence-corrected chi connectivity index (χ0v) is 21.3. The van der Waals surface area contributed by atoms with E-state index >= 15 is 0 Å². The van der Waals surface area contributed by atoms with Crippen molar-refractivity contribution in [3.63, 3.8) is 0 Å². The van der Waals surface area contributed by atoms with Gasteiger partial charge in [-0.15, -0.1) is 0 Å². The third kappa shape index (κ3) is 5.22. The zero-order chi connectivity index (χ0) is 25.6. The molecule has 2 heterocycles. The Morgan fingerprint density at radius 2 is 1.75 bits per heavy atom. The number of imide groups is 1. The first-order valence-electron chi connectivity index (χ1n) is 12.7. The summed E-state index contributed by atoms with van der Waals surface area (Å²) in [7, 11) is 1.59. The van der Waals surface area contributed by atoms with E-state index in [1.54, 1.807) is 7.11 Å². The largest absolute Gasteiger partial charge is 0.385 e. The molecule has 0 radical (unpaired) electrons. The normalized spacial score (nSPS) is 21.6. The highest BCUT2D eigenvalue weighted by Crippen LogP contribution is 2.41. The number of nitrogens with zero attached hydrogens (tertiary/aromatic N) is 1. The first-order chi connectivity index (χ1) is 17.4. The van der Waals surface area contributed by atoms with Crippen molar-refractivity contribution in [2.45, 2.75) is 49.9 Å². The van der Waals surface area contributed by atoms with E-state index in [4.69, 9.17) is 9.47 Å². The van der Waals surface area contributed by atoms with Crippen molar-refractivity contribution in [2.75, 3.05) is 40.0 Å². The van der Waals surface area contributed by atoms with Crippen LogP contribution in [0.1, 0.15) is 48.8 Å². The number of ether oxygens (including phenoxy) is 2. The fraction of sp³-hybridized carbons (Fsp3) is 0.483. The van der Waals surface area contributed by atoms with Gasteiger partial charge < -0.3 is 14.8 Å². The number of nitrogens with one attached hydrogen (secondary N) is 1. The standard InChI is InChI=1S/C29H36N2O5/c1-22-9-6-7-12-24(22)29(20-26(33)31(27(29)34)15-8-16-35-2)19-25(32)30-21-28(13-17-36-18-14-28)23-10-4-3-5-11-23/h3-7,9-12H,8,13-21H2,1-2H3,(H,30,32)/t29-/m1/s1. The SMILES string of the molecule is COCCCN1C(=O)C[C@](CC(=O)NCC2(c3ccccc3)CCOCC2)(c2ccccc2C)C1=O. The number of benzene rings is 2. The Morgan fingerprint density at radius 3 is 2.44 bits per heavy atom. The predicted molar refractivity (Wildman–Crippen MR) is 136 cm³/mol. The summed E-state index contributed by atoms with van der Waals surface area (Å²) in [6.45, 7) is 4.41. The quantitative estimate of drug-likeness (QED) is 0.406. The van der Waals surface area contributed by atoms with Gasteiger partial charge in [-0.25, -0.2) is 0 Å². The molecule has 1 N–H and O–H groups in total. The van der Waals surface area contributed by atoms with Gasteiger partial charge in [-0.1, -0.05) is 54.6 Å². The second-order valence-corrected chi connectivity index (χ2v) is 9.98. The molecule has 0 saturated carbocycles. The molecule has 7 heteroatoms. The van der Waals surface area contributed by atoms with Gasteiger partial charge in [0, 0.05) is 58.3 Å². The molecular formula is C29H36N2O5. The first-order valence-corrected chi connectivity index (χ1v) is 12.7. The van der Waals surface area contributed by atoms with Crippen LogP contribution in [0.3, 0.4) is 0 Å². The lowest BCUT2D eigenvalue weighted by atomic mass is 9.73. The van der Waals surface area contributed by atoms with Gasteiger partial charge in [0.2, 0.25) is 17.7 Å². The van der Waals surface area contributed by atoms with Crippen molar-refractivity contribution < 1.29 is 23.9 Å². The van der Waals surface area contributed by atoms with Crippen LogP contribution in [0.5, 0.6) is 0 Å². The molecule has 0 aliphatic carbocycles. The summed E-state index contributed by atoms with van der Waals surface area (Å²) in [4.78, 5) is 41.6. The van der Waals surface area contributed by atoms with E-state index in [2.05, 4.69) is 17.4 Å². The second kappa shape index (κ2) is 11.4. The molecule has 3 amide bonds. The molecule has 0 spiro atoms. The molecule has 0 bridgehead atoms. The van der Waals surface area contributed by atoms with Gasteiger partial charge in [0.25, 0.3) is 0 Å². The molecule has 2 aliphatic rings. The van der Waals surface area contributed by atoms with Crippen molar-refractivity contribution in [3.05, 3.63) is 71.3 Å². The first kappa shape index (κ1) is 26.0. The molecule has 2 saturated heterocycles. The lowest BCUT2D eigenvalue weighted by Gasteiger charge is -2.38. The van der Waals surface area contributed by atoms with Gasteiger partial charge in [0.05, 0.1) is 5.41 Å². The lowest BCUT2D eigenvalue weighted by molar-refractivity contribution is -0.141. The van der Waals surface area contributed by atoms with Gasteiger partial charge in [0.1, 0.15) is 0 Å². The van der Waals surface area contributed by atoms with Crippen LogP contribution in [-0.2, 0) is 34.7 Å². The molecule has 2 aromatic rings. The van der Waals surface area contributed by atoms with Crippen molar-refractivity contribution in [2.24, 2.45) is 0 Å². The highest BCUT2D eigenvalue weighted by atomic mass is 16.5. The van der Waals surface area contributed by atoms with Gasteiger partial charge in [-0.2, -0.15) is 0 Å². The lowest BCUT2D eigenvalue weighted by Crippen LogP contribution is -2.47. The summed E-state index contributed by atoms with van der Waals surface area (Å²) in [5, 5.41) is 3.14. The Hall–Kier alpha value is -3.03. The third-order valence-electron chi connectivity index (χ3n) is 7.72. The molecule has 1 atom stereocenters. The number of rotatable bonds is 10. The summed E-state index contributed by atoms with van der Waals surface area (Å²) in [6.07, 6.45) is 2.11. The monoisotopic (exact) mass is 492 g/mol. The summed E-state index contributed by atoms with van der Waals surface area (Å²) >= 11 is 0. The maximum Gasteiger partial charge on any atom is 0.240 e. The van der Waals surface area contributed by atoms with Gasteiger partial charge in [0.15, 0.2) is 0 Å². The van der Waals surface area contributed by atoms with Crippen molar-refractivity contribution >= 4 is 17.7 Å². The topological polar surface area (TPSA) is 84.9 Å². The van der Waals surface area contributed by atoms with Crippen molar-refractivity contribution in [1.82, 2.24) is 10.2 Å². The molecule has 4 rings (SSSR count). The molecule has 192 valence electrons. The number of carbonyl (C=O) groups is 3. The smallest absolute Gasteiger partial charge is 0.240 e. The minimum Gasteiger partial charge on any atom is -0.385 e. The number of hydrogen-bond acceptors (Lipinski definition) is 5. The number of carbonyl (C=O) groups excluding carboxylic acids is 3. The van der Waals surface area contributed by atoms with E-state index in [9.17, 15) is 14.4 Å². The molecule has 0 aromatic heterocycles. The van der Waals surface area contributed by atoms with Crippen LogP contribution in [0.2, 0.25) is 0 Å². The molecule has 36 heavy (non-hydrogen) atoms. The van der Waals surface area contributed by atoms with Crippen LogP contribution in [-0.4, -0.2) is 62.6 Å². The van der Waals surface area contributed by atoms with Crippen LogP contribution >= 0.6 is 0 Å². The Balaban J connectivity index is 1.57. The Morgan fingerprint density at radius 1 is 1.06 bits per heavy atom. The number of methoxy groups -OCH3 is 1. The second-order valence-electron chi connectivity index (χ2n) is 9.98. The van der Waals surface area contributed by atoms with E-state index in [-0.39, 0.29) is 42.5 Å². The highest BCUT2D eigenvalue weighted by Gasteiger charge is 2.54. The summed E-state index contributed by atoms with van der Waals surface area (Å²) in [5.41, 5.74) is 1.41. The molecule has 2 aromatic carbocycles. The summed E-state index contributed by atoms with van der Waals surface area (Å²) in [6, 6.07) is 17.8. The van der Waals surface area contributed by atoms with Crippen LogP contribution < -0.4 is 5.32 Å². The predicted octanol–water partition coefficient (Wildman–Crippen LogP) is 3.28. The number of likely N-dealkylation sites (tertiary alicyclic amines) is 1. The van der Waals surface area contributed by atoms with Crippen molar-refractivity contribution in [1.29, 1.82) is 0 Å². The average Bonchev–Trinajstić information content (AvgIpc) is 3.13. The minimum absolute atomic E-state index is 0.00520. The zero-order valence-electron chi connectivity index (χ0n) is 21.3. The van der Waals surface area contributed by atoms with Gasteiger partial charge in [-0.3, -0.25) is 19.3 Å². The molecule has 2 aliphatic heterocycles. The number of hydrogen-bond donors (Lipinski definition) is 1. The minimum atomic E-state index is -1.20. The van der Waals surface area contributed by atoms with Crippen LogP contribution in [0.4, 0.5) is 0 Å².